The lowest BCUT2D eigenvalue weighted by Crippen LogP contribution is -2.16. The highest BCUT2D eigenvalue weighted by molar-refractivity contribution is 7.99. The molecule has 1 aromatic heterocycles. The first-order chi connectivity index (χ1) is 13.5. The van der Waals surface area contributed by atoms with E-state index < -0.39 is 17.5 Å². The molecule has 3 aromatic rings. The quantitative estimate of drug-likeness (QED) is 0.590. The zero-order valence-corrected chi connectivity index (χ0v) is 16.0. The summed E-state index contributed by atoms with van der Waals surface area (Å²) in [5, 5.41) is 12.5. The average Bonchev–Trinajstić information content (AvgIpc) is 3.06. The van der Waals surface area contributed by atoms with Gasteiger partial charge in [-0.25, -0.2) is 13.8 Å². The van der Waals surface area contributed by atoms with Crippen LogP contribution in [0.15, 0.2) is 53.8 Å². The van der Waals surface area contributed by atoms with Crippen molar-refractivity contribution in [2.45, 2.75) is 25.2 Å². The highest BCUT2D eigenvalue weighted by Crippen LogP contribution is 2.22. The number of hydrogen-bond acceptors (Lipinski definition) is 4. The summed E-state index contributed by atoms with van der Waals surface area (Å²) < 4.78 is 28.4. The number of amides is 1. The minimum Gasteiger partial charge on any atom is -0.390 e. The Morgan fingerprint density at radius 3 is 2.64 bits per heavy atom. The molecule has 0 aliphatic carbocycles. The molecule has 0 radical (unpaired) electrons. The number of nitrogens with one attached hydrogen (secondary N) is 1. The van der Waals surface area contributed by atoms with Crippen molar-refractivity contribution >= 4 is 23.4 Å². The Balaban J connectivity index is 1.67. The number of carbonyl (C=O) groups is 1. The standard InChI is InChI=1S/C20H19F2N3O2S/c1-13-2-4-14(5-3-13)10-25-16(11-26)9-23-20(25)28-12-19(27)24-18-7-6-15(21)8-17(18)22/h2-9,26H,10-12H2,1H3,(H,24,27). The van der Waals surface area contributed by atoms with Crippen LogP contribution in [0.25, 0.3) is 0 Å². The summed E-state index contributed by atoms with van der Waals surface area (Å²) in [4.78, 5) is 16.4. The van der Waals surface area contributed by atoms with Crippen molar-refractivity contribution < 1.29 is 18.7 Å². The van der Waals surface area contributed by atoms with E-state index in [0.717, 1.165) is 17.2 Å². The first kappa shape index (κ1) is 20.0. The SMILES string of the molecule is Cc1ccc(Cn2c(CO)cnc2SCC(=O)Nc2ccc(F)cc2F)cc1. The third-order valence-corrected chi connectivity index (χ3v) is 5.05. The predicted molar refractivity (Wildman–Crippen MR) is 104 cm³/mol. The molecule has 0 atom stereocenters. The van der Waals surface area contributed by atoms with E-state index >= 15 is 0 Å². The fourth-order valence-corrected chi connectivity index (χ4v) is 3.38. The third-order valence-electron chi connectivity index (χ3n) is 4.06. The maximum atomic E-state index is 13.7. The van der Waals surface area contributed by atoms with E-state index in [-0.39, 0.29) is 18.0 Å². The smallest absolute Gasteiger partial charge is 0.234 e. The molecule has 28 heavy (non-hydrogen) atoms. The summed E-state index contributed by atoms with van der Waals surface area (Å²) >= 11 is 1.17. The highest BCUT2D eigenvalue weighted by atomic mass is 32.2. The molecule has 8 heteroatoms. The molecule has 2 aromatic carbocycles. The van der Waals surface area contributed by atoms with Crippen LogP contribution < -0.4 is 5.32 Å². The topological polar surface area (TPSA) is 67.1 Å². The fourth-order valence-electron chi connectivity index (χ4n) is 2.59. The van der Waals surface area contributed by atoms with E-state index in [4.69, 9.17) is 0 Å². The molecule has 1 amide bonds. The number of aromatic nitrogens is 2. The van der Waals surface area contributed by atoms with E-state index in [9.17, 15) is 18.7 Å². The molecule has 0 aliphatic heterocycles. The van der Waals surface area contributed by atoms with Crippen LogP contribution in [0.4, 0.5) is 14.5 Å². The highest BCUT2D eigenvalue weighted by Gasteiger charge is 2.14. The van der Waals surface area contributed by atoms with Gasteiger partial charge in [-0.05, 0) is 24.6 Å². The Hall–Kier alpha value is -2.71. The summed E-state index contributed by atoms with van der Waals surface area (Å²) in [5.41, 5.74) is 2.74. The molecule has 0 fully saturated rings. The zero-order valence-electron chi connectivity index (χ0n) is 15.2. The van der Waals surface area contributed by atoms with Crippen LogP contribution in [0, 0.1) is 18.6 Å². The van der Waals surface area contributed by atoms with Gasteiger partial charge in [0.2, 0.25) is 5.91 Å². The lowest BCUT2D eigenvalue weighted by molar-refractivity contribution is -0.113. The Bertz CT molecular complexity index is 974. The summed E-state index contributed by atoms with van der Waals surface area (Å²) in [7, 11) is 0. The summed E-state index contributed by atoms with van der Waals surface area (Å²) in [6, 6.07) is 11.0. The van der Waals surface area contributed by atoms with E-state index in [0.29, 0.717) is 23.5 Å². The van der Waals surface area contributed by atoms with Crippen molar-refractivity contribution in [2.75, 3.05) is 11.1 Å². The van der Waals surface area contributed by atoms with Crippen molar-refractivity contribution in [2.24, 2.45) is 0 Å². The molecule has 0 aliphatic rings. The molecule has 146 valence electrons. The Morgan fingerprint density at radius 2 is 1.96 bits per heavy atom. The second-order valence-corrected chi connectivity index (χ2v) is 7.17. The van der Waals surface area contributed by atoms with Crippen LogP contribution in [-0.2, 0) is 17.9 Å². The second kappa shape index (κ2) is 8.99. The number of anilines is 1. The Kier molecular flexibility index (Phi) is 6.43. The molecular weight excluding hydrogens is 384 g/mol. The lowest BCUT2D eigenvalue weighted by atomic mass is 10.1. The van der Waals surface area contributed by atoms with Gasteiger partial charge >= 0.3 is 0 Å². The van der Waals surface area contributed by atoms with Gasteiger partial charge in [0.25, 0.3) is 0 Å². The number of imidazole rings is 1. The molecule has 0 saturated carbocycles. The van der Waals surface area contributed by atoms with Crippen molar-refractivity contribution in [1.82, 2.24) is 9.55 Å². The van der Waals surface area contributed by atoms with E-state index in [1.54, 1.807) is 6.20 Å². The van der Waals surface area contributed by atoms with Gasteiger partial charge in [0.05, 0.1) is 29.9 Å². The van der Waals surface area contributed by atoms with Gasteiger partial charge in [-0.1, -0.05) is 41.6 Å². The van der Waals surface area contributed by atoms with Crippen LogP contribution in [0.1, 0.15) is 16.8 Å². The van der Waals surface area contributed by atoms with Gasteiger partial charge in [-0.3, -0.25) is 4.79 Å². The number of thioether (sulfide) groups is 1. The van der Waals surface area contributed by atoms with Crippen LogP contribution in [0.2, 0.25) is 0 Å². The fraction of sp³-hybridized carbons (Fsp3) is 0.200. The van der Waals surface area contributed by atoms with E-state index in [1.807, 2.05) is 35.8 Å². The van der Waals surface area contributed by atoms with Crippen LogP contribution in [-0.4, -0.2) is 26.3 Å². The number of carbonyl (C=O) groups excluding carboxylic acids is 1. The molecule has 0 spiro atoms. The predicted octanol–water partition coefficient (Wildman–Crippen LogP) is 3.74. The maximum Gasteiger partial charge on any atom is 0.234 e. The van der Waals surface area contributed by atoms with Crippen molar-refractivity contribution in [3.63, 3.8) is 0 Å². The van der Waals surface area contributed by atoms with Crippen LogP contribution >= 0.6 is 11.8 Å². The molecule has 2 N–H and O–H groups in total. The summed E-state index contributed by atoms with van der Waals surface area (Å²) in [6.07, 6.45) is 1.56. The van der Waals surface area contributed by atoms with Crippen molar-refractivity contribution in [3.8, 4) is 0 Å². The van der Waals surface area contributed by atoms with E-state index in [1.165, 1.54) is 17.8 Å². The van der Waals surface area contributed by atoms with Crippen molar-refractivity contribution in [1.29, 1.82) is 0 Å². The van der Waals surface area contributed by atoms with Crippen LogP contribution in [0.5, 0.6) is 0 Å². The van der Waals surface area contributed by atoms with Gasteiger partial charge in [0, 0.05) is 12.6 Å². The largest absolute Gasteiger partial charge is 0.390 e. The van der Waals surface area contributed by atoms with Gasteiger partial charge in [0.1, 0.15) is 11.6 Å². The Labute approximate surface area is 165 Å². The normalized spacial score (nSPS) is 10.9. The minimum absolute atomic E-state index is 0.00735. The number of benzene rings is 2. The molecule has 5 nitrogen and oxygen atoms in total. The number of rotatable bonds is 7. The molecule has 1 heterocycles. The zero-order chi connectivity index (χ0) is 20.1. The molecular formula is C20H19F2N3O2S. The number of nitrogens with zero attached hydrogens (tertiary/aromatic N) is 2. The summed E-state index contributed by atoms with van der Waals surface area (Å²) in [5.74, 6) is -1.99. The van der Waals surface area contributed by atoms with Gasteiger partial charge < -0.3 is 15.0 Å². The number of halogens is 2. The Morgan fingerprint density at radius 1 is 1.21 bits per heavy atom. The first-order valence-electron chi connectivity index (χ1n) is 8.55. The van der Waals surface area contributed by atoms with E-state index in [2.05, 4.69) is 10.3 Å². The van der Waals surface area contributed by atoms with Crippen LogP contribution in [0.3, 0.4) is 0 Å². The maximum absolute atomic E-state index is 13.7. The first-order valence-corrected chi connectivity index (χ1v) is 9.53. The molecule has 0 unspecified atom stereocenters. The lowest BCUT2D eigenvalue weighted by Gasteiger charge is -2.11. The number of hydrogen-bond donors (Lipinski definition) is 2. The van der Waals surface area contributed by atoms with Gasteiger partial charge in [0.15, 0.2) is 5.16 Å². The third kappa shape index (κ3) is 4.96. The minimum atomic E-state index is -0.832. The summed E-state index contributed by atoms with van der Waals surface area (Å²) in [6.45, 7) is 2.34. The van der Waals surface area contributed by atoms with Gasteiger partial charge in [-0.2, -0.15) is 0 Å². The molecule has 0 saturated heterocycles. The van der Waals surface area contributed by atoms with Crippen molar-refractivity contribution in [3.05, 3.63) is 77.1 Å². The van der Waals surface area contributed by atoms with Gasteiger partial charge in [-0.15, -0.1) is 0 Å². The average molecular weight is 403 g/mol. The number of aliphatic hydroxyl groups excluding tert-OH is 1. The number of aryl methyl sites for hydroxylation is 1. The monoisotopic (exact) mass is 403 g/mol. The second-order valence-electron chi connectivity index (χ2n) is 6.22. The molecule has 0 bridgehead atoms. The molecule has 3 rings (SSSR count). The number of aliphatic hydroxyl groups is 1.